The van der Waals surface area contributed by atoms with Crippen molar-refractivity contribution in [2.75, 3.05) is 33.7 Å². The van der Waals surface area contributed by atoms with E-state index in [1.807, 2.05) is 23.1 Å². The molecule has 0 aliphatic carbocycles. The number of hydrogen-bond acceptors (Lipinski definition) is 6. The van der Waals surface area contributed by atoms with Gasteiger partial charge in [0.1, 0.15) is 11.1 Å². The Bertz CT molecular complexity index is 875. The fourth-order valence-corrected chi connectivity index (χ4v) is 4.86. The lowest BCUT2D eigenvalue weighted by atomic mass is 10.1. The quantitative estimate of drug-likeness (QED) is 0.739. The van der Waals surface area contributed by atoms with Crippen molar-refractivity contribution in [2.24, 2.45) is 0 Å². The van der Waals surface area contributed by atoms with Gasteiger partial charge in [-0.25, -0.2) is 0 Å². The third-order valence-electron chi connectivity index (χ3n) is 5.04. The normalized spacial score (nSPS) is 18.0. The number of methoxy groups -OCH3 is 3. The molecule has 1 amide bonds. The zero-order chi connectivity index (χ0) is 19.7. The van der Waals surface area contributed by atoms with Crippen LogP contribution in [0, 0.1) is 0 Å². The summed E-state index contributed by atoms with van der Waals surface area (Å²) in [6.07, 6.45) is 0.918. The van der Waals surface area contributed by atoms with Gasteiger partial charge in [0.25, 0.3) is 0 Å². The maximum atomic E-state index is 12.6. The van der Waals surface area contributed by atoms with E-state index >= 15 is 0 Å². The molecule has 28 heavy (non-hydrogen) atoms. The summed E-state index contributed by atoms with van der Waals surface area (Å²) in [4.78, 5) is 14.5. The third kappa shape index (κ3) is 3.35. The summed E-state index contributed by atoms with van der Waals surface area (Å²) in [5, 5.41) is -0.0162. The minimum atomic E-state index is -0.0162. The van der Waals surface area contributed by atoms with Gasteiger partial charge in [-0.05, 0) is 41.0 Å². The smallest absolute Gasteiger partial charge is 0.234 e. The Balaban J connectivity index is 1.63. The number of nitrogens with zero attached hydrogens (tertiary/aromatic N) is 1. The maximum Gasteiger partial charge on any atom is 0.234 e. The van der Waals surface area contributed by atoms with Crippen LogP contribution in [0.3, 0.4) is 0 Å². The zero-order valence-corrected chi connectivity index (χ0v) is 17.0. The van der Waals surface area contributed by atoms with Gasteiger partial charge >= 0.3 is 0 Å². The molecule has 1 fully saturated rings. The van der Waals surface area contributed by atoms with E-state index in [4.69, 9.17) is 18.9 Å². The fraction of sp³-hybridized carbons (Fsp3) is 0.381. The van der Waals surface area contributed by atoms with Crippen molar-refractivity contribution in [1.29, 1.82) is 0 Å². The molecule has 0 aromatic heterocycles. The molecule has 0 radical (unpaired) electrons. The molecule has 1 atom stereocenters. The van der Waals surface area contributed by atoms with E-state index in [1.54, 1.807) is 33.1 Å². The van der Waals surface area contributed by atoms with Gasteiger partial charge in [-0.2, -0.15) is 0 Å². The lowest BCUT2D eigenvalue weighted by molar-refractivity contribution is -0.128. The molecule has 4 rings (SSSR count). The Hall–Kier alpha value is -2.54. The Morgan fingerprint density at radius 2 is 1.86 bits per heavy atom. The van der Waals surface area contributed by atoms with Crippen molar-refractivity contribution in [1.82, 2.24) is 4.90 Å². The molecule has 0 saturated carbocycles. The predicted octanol–water partition coefficient (Wildman–Crippen LogP) is 3.42. The van der Waals surface area contributed by atoms with Crippen molar-refractivity contribution in [2.45, 2.75) is 18.3 Å². The highest BCUT2D eigenvalue weighted by atomic mass is 32.2. The third-order valence-corrected chi connectivity index (χ3v) is 6.30. The molecule has 2 aromatic rings. The molecule has 1 saturated heterocycles. The topological polar surface area (TPSA) is 57.2 Å². The first-order valence-corrected chi connectivity index (χ1v) is 10.1. The number of amides is 1. The van der Waals surface area contributed by atoms with Gasteiger partial charge in [-0.15, -0.1) is 11.8 Å². The van der Waals surface area contributed by atoms with Crippen LogP contribution in [0.25, 0.3) is 0 Å². The van der Waals surface area contributed by atoms with E-state index in [0.717, 1.165) is 29.9 Å². The van der Waals surface area contributed by atoms with E-state index in [-0.39, 0.29) is 11.3 Å². The summed E-state index contributed by atoms with van der Waals surface area (Å²) in [5.41, 5.74) is 3.28. The van der Waals surface area contributed by atoms with Crippen molar-refractivity contribution >= 4 is 17.7 Å². The minimum absolute atomic E-state index is 0.0162. The molecular formula is C21H23NO5S. The van der Waals surface area contributed by atoms with Gasteiger partial charge in [0.2, 0.25) is 11.7 Å². The number of ether oxygens (including phenoxy) is 4. The molecule has 2 heterocycles. The average molecular weight is 401 g/mol. The van der Waals surface area contributed by atoms with Crippen molar-refractivity contribution in [3.8, 4) is 23.0 Å². The highest BCUT2D eigenvalue weighted by Gasteiger charge is 2.34. The Labute approximate surface area is 168 Å². The number of fused-ring (bicyclic) bond motifs is 1. The van der Waals surface area contributed by atoms with Crippen LogP contribution in [0.15, 0.2) is 30.3 Å². The summed E-state index contributed by atoms with van der Waals surface area (Å²) >= 11 is 1.65. The second kappa shape index (κ2) is 7.83. The number of carbonyl (C=O) groups excluding carboxylic acids is 1. The number of thioether (sulfide) groups is 1. The van der Waals surface area contributed by atoms with Crippen LogP contribution in [0.2, 0.25) is 0 Å². The summed E-state index contributed by atoms with van der Waals surface area (Å²) in [6.45, 7) is 1.20. The van der Waals surface area contributed by atoms with Crippen LogP contribution in [0.1, 0.15) is 22.1 Å². The van der Waals surface area contributed by atoms with Crippen LogP contribution in [0.4, 0.5) is 0 Å². The van der Waals surface area contributed by atoms with E-state index in [0.29, 0.717) is 29.5 Å². The first-order valence-electron chi connectivity index (χ1n) is 9.10. The molecule has 0 spiro atoms. The highest BCUT2D eigenvalue weighted by Crippen LogP contribution is 2.43. The minimum Gasteiger partial charge on any atom is -0.493 e. The highest BCUT2D eigenvalue weighted by molar-refractivity contribution is 8.00. The molecule has 7 heteroatoms. The van der Waals surface area contributed by atoms with Crippen molar-refractivity contribution in [3.05, 3.63) is 47.0 Å². The summed E-state index contributed by atoms with van der Waals surface area (Å²) in [6, 6.07) is 10.0. The summed E-state index contributed by atoms with van der Waals surface area (Å²) in [5.74, 6) is 3.27. The van der Waals surface area contributed by atoms with E-state index < -0.39 is 0 Å². The average Bonchev–Trinajstić information content (AvgIpc) is 3.33. The zero-order valence-electron chi connectivity index (χ0n) is 16.2. The Morgan fingerprint density at radius 3 is 2.54 bits per heavy atom. The first kappa shape index (κ1) is 18.8. The van der Waals surface area contributed by atoms with Crippen molar-refractivity contribution < 1.29 is 23.7 Å². The number of carbonyl (C=O) groups is 1. The number of benzene rings is 2. The van der Waals surface area contributed by atoms with Gasteiger partial charge in [-0.1, -0.05) is 6.07 Å². The van der Waals surface area contributed by atoms with Crippen LogP contribution < -0.4 is 18.9 Å². The first-order chi connectivity index (χ1) is 13.6. The Kier molecular flexibility index (Phi) is 5.26. The van der Waals surface area contributed by atoms with Gasteiger partial charge in [-0.3, -0.25) is 4.79 Å². The molecule has 148 valence electrons. The molecule has 0 N–H and O–H groups in total. The van der Waals surface area contributed by atoms with Crippen LogP contribution in [-0.4, -0.2) is 44.5 Å². The predicted molar refractivity (Wildman–Crippen MR) is 107 cm³/mol. The molecule has 0 bridgehead atoms. The molecule has 1 unspecified atom stereocenters. The van der Waals surface area contributed by atoms with Crippen LogP contribution in [0.5, 0.6) is 23.0 Å². The maximum absolute atomic E-state index is 12.6. The monoisotopic (exact) mass is 401 g/mol. The standard InChI is InChI=1S/C21H23NO5S/c1-24-17-8-13(9-18(25-2)20(17)26-3)11-22-19(23)12-28-21(22)15-4-5-16-14(10-15)6-7-27-16/h4-5,8-10,21H,6-7,11-12H2,1-3H3. The SMILES string of the molecule is COc1cc(CN2C(=O)CSC2c2ccc3c(c2)CCO3)cc(OC)c1OC. The number of hydrogen-bond donors (Lipinski definition) is 0. The molecular weight excluding hydrogens is 378 g/mol. The molecule has 2 aromatic carbocycles. The second-order valence-electron chi connectivity index (χ2n) is 6.68. The molecule has 2 aliphatic rings. The molecule has 6 nitrogen and oxygen atoms in total. The van der Waals surface area contributed by atoms with Gasteiger partial charge in [0, 0.05) is 13.0 Å². The largest absolute Gasteiger partial charge is 0.493 e. The number of rotatable bonds is 6. The lowest BCUT2D eigenvalue weighted by Gasteiger charge is -2.25. The van der Waals surface area contributed by atoms with Crippen molar-refractivity contribution in [3.63, 3.8) is 0 Å². The fourth-order valence-electron chi connectivity index (χ4n) is 3.68. The summed E-state index contributed by atoms with van der Waals surface area (Å²) < 4.78 is 21.9. The Morgan fingerprint density at radius 1 is 1.11 bits per heavy atom. The van der Waals surface area contributed by atoms with Gasteiger partial charge in [0.05, 0.1) is 33.7 Å². The van der Waals surface area contributed by atoms with Gasteiger partial charge < -0.3 is 23.8 Å². The lowest BCUT2D eigenvalue weighted by Crippen LogP contribution is -2.27. The van der Waals surface area contributed by atoms with E-state index in [2.05, 4.69) is 12.1 Å². The van der Waals surface area contributed by atoms with Crippen LogP contribution in [-0.2, 0) is 17.8 Å². The van der Waals surface area contributed by atoms with Crippen LogP contribution >= 0.6 is 11.8 Å². The second-order valence-corrected chi connectivity index (χ2v) is 7.75. The van der Waals surface area contributed by atoms with Gasteiger partial charge in [0.15, 0.2) is 11.5 Å². The van der Waals surface area contributed by atoms with E-state index in [1.165, 1.54) is 5.56 Å². The summed E-state index contributed by atoms with van der Waals surface area (Å²) in [7, 11) is 4.76. The molecule has 2 aliphatic heterocycles. The van der Waals surface area contributed by atoms with E-state index in [9.17, 15) is 4.79 Å².